The van der Waals surface area contributed by atoms with Crippen LogP contribution in [0.1, 0.15) is 22.3 Å². The van der Waals surface area contributed by atoms with Crippen molar-refractivity contribution in [2.75, 3.05) is 17.2 Å². The van der Waals surface area contributed by atoms with Crippen LogP contribution in [0.3, 0.4) is 0 Å². The largest absolute Gasteiger partial charge is 0.368 e. The number of nitrogens with zero attached hydrogens (tertiary/aromatic N) is 6. The first-order chi connectivity index (χ1) is 18.5. The summed E-state index contributed by atoms with van der Waals surface area (Å²) < 4.78 is 0. The van der Waals surface area contributed by atoms with Crippen molar-refractivity contribution < 1.29 is 4.92 Å². The van der Waals surface area contributed by atoms with Crippen molar-refractivity contribution >= 4 is 34.4 Å². The number of pyridine rings is 1. The topological polar surface area (TPSA) is 152 Å². The van der Waals surface area contributed by atoms with Crippen LogP contribution in [0.25, 0.3) is 0 Å². The van der Waals surface area contributed by atoms with Crippen molar-refractivity contribution in [2.24, 2.45) is 10.2 Å². The number of nitro benzene ring substituents is 1. The molecule has 0 radical (unpaired) electrons. The van der Waals surface area contributed by atoms with Crippen LogP contribution in [0, 0.1) is 39.7 Å². The maximum atomic E-state index is 11.5. The van der Waals surface area contributed by atoms with E-state index in [1.807, 2.05) is 66.7 Å². The Morgan fingerprint density at radius 3 is 2.32 bits per heavy atom. The number of azo groups is 1. The van der Waals surface area contributed by atoms with E-state index in [0.717, 1.165) is 17.3 Å². The summed E-state index contributed by atoms with van der Waals surface area (Å²) in [4.78, 5) is 15.6. The molecule has 0 saturated heterocycles. The van der Waals surface area contributed by atoms with Gasteiger partial charge in [-0.3, -0.25) is 10.1 Å². The number of anilines is 3. The van der Waals surface area contributed by atoms with Gasteiger partial charge in [0.05, 0.1) is 22.1 Å². The van der Waals surface area contributed by atoms with Gasteiger partial charge in [0.1, 0.15) is 11.8 Å². The lowest BCUT2D eigenvalue weighted by Crippen LogP contribution is -2.09. The third kappa shape index (κ3) is 5.96. The lowest BCUT2D eigenvalue weighted by atomic mass is 10.1. The second-order valence-corrected chi connectivity index (χ2v) is 8.20. The molecular formula is C28H22N8O2. The predicted octanol–water partition coefficient (Wildman–Crippen LogP) is 6.86. The van der Waals surface area contributed by atoms with E-state index < -0.39 is 4.92 Å². The van der Waals surface area contributed by atoms with Gasteiger partial charge in [-0.1, -0.05) is 48.5 Å². The summed E-state index contributed by atoms with van der Waals surface area (Å²) >= 11 is 0. The molecule has 4 rings (SSSR count). The van der Waals surface area contributed by atoms with E-state index >= 15 is 0 Å². The molecule has 0 spiro atoms. The van der Waals surface area contributed by atoms with Crippen molar-refractivity contribution in [3.05, 3.63) is 111 Å². The number of nitriles is 2. The zero-order valence-corrected chi connectivity index (χ0v) is 20.4. The summed E-state index contributed by atoms with van der Waals surface area (Å²) in [6, 6.07) is 27.3. The Morgan fingerprint density at radius 2 is 1.66 bits per heavy atom. The molecule has 10 nitrogen and oxygen atoms in total. The number of aromatic nitrogens is 1. The monoisotopic (exact) mass is 502 g/mol. The fourth-order valence-corrected chi connectivity index (χ4v) is 3.72. The highest BCUT2D eigenvalue weighted by Gasteiger charge is 2.19. The quantitative estimate of drug-likeness (QED) is 0.144. The molecule has 2 N–H and O–H groups in total. The van der Waals surface area contributed by atoms with Gasteiger partial charge in [-0.2, -0.15) is 10.5 Å². The van der Waals surface area contributed by atoms with E-state index in [1.54, 1.807) is 6.92 Å². The van der Waals surface area contributed by atoms with Gasteiger partial charge in [-0.05, 0) is 43.2 Å². The molecule has 38 heavy (non-hydrogen) atoms. The Labute approximate surface area is 219 Å². The predicted molar refractivity (Wildman–Crippen MR) is 144 cm³/mol. The van der Waals surface area contributed by atoms with Crippen molar-refractivity contribution in [1.82, 2.24) is 4.98 Å². The molecule has 0 saturated carbocycles. The molecule has 0 bridgehead atoms. The van der Waals surface area contributed by atoms with Crippen LogP contribution in [0.15, 0.2) is 89.1 Å². The first kappa shape index (κ1) is 25.5. The molecule has 0 atom stereocenters. The van der Waals surface area contributed by atoms with Crippen LogP contribution in [0.5, 0.6) is 0 Å². The number of rotatable bonds is 9. The van der Waals surface area contributed by atoms with Gasteiger partial charge in [-0.25, -0.2) is 4.98 Å². The zero-order chi connectivity index (χ0) is 26.9. The molecule has 0 unspecified atom stereocenters. The minimum atomic E-state index is -0.618. The second kappa shape index (κ2) is 11.9. The van der Waals surface area contributed by atoms with E-state index in [-0.39, 0.29) is 28.2 Å². The third-order valence-corrected chi connectivity index (χ3v) is 5.67. The summed E-state index contributed by atoms with van der Waals surface area (Å²) in [7, 11) is 0. The number of nitro groups is 1. The molecule has 0 fully saturated rings. The highest BCUT2D eigenvalue weighted by molar-refractivity contribution is 5.76. The summed E-state index contributed by atoms with van der Waals surface area (Å²) in [6.07, 6.45) is 0.709. The standard InChI is InChI=1S/C28H22N8O2/c1-19-23(18-30)27(32-22-10-6-3-7-11-22)33-28(31-15-14-20-8-4-2-5-9-20)26(19)35-34-24-13-12-21(17-29)16-25(24)36(37)38/h2-13,16H,14-15H2,1H3,(H2,31,32,33). The Balaban J connectivity index is 1.75. The SMILES string of the molecule is Cc1c(C#N)c(Nc2ccccc2)nc(NCCc2ccccc2)c1N=Nc1ccc(C#N)cc1[N+](=O)[O-]. The number of nitrogens with one attached hydrogen (secondary N) is 2. The first-order valence-electron chi connectivity index (χ1n) is 11.6. The van der Waals surface area contributed by atoms with E-state index in [2.05, 4.69) is 31.9 Å². The van der Waals surface area contributed by atoms with Gasteiger partial charge in [0.15, 0.2) is 17.3 Å². The summed E-state index contributed by atoms with van der Waals surface area (Å²) in [5.74, 6) is 0.720. The third-order valence-electron chi connectivity index (χ3n) is 5.67. The Morgan fingerprint density at radius 1 is 0.947 bits per heavy atom. The number of hydrogen-bond acceptors (Lipinski definition) is 9. The zero-order valence-electron chi connectivity index (χ0n) is 20.4. The molecule has 0 aliphatic carbocycles. The first-order valence-corrected chi connectivity index (χ1v) is 11.6. The van der Waals surface area contributed by atoms with Gasteiger partial charge in [0.2, 0.25) is 0 Å². The maximum Gasteiger partial charge on any atom is 0.298 e. The average Bonchev–Trinajstić information content (AvgIpc) is 2.94. The van der Waals surface area contributed by atoms with E-state index in [0.29, 0.717) is 30.2 Å². The van der Waals surface area contributed by atoms with Crippen LogP contribution in [-0.2, 0) is 6.42 Å². The molecule has 10 heteroatoms. The Kier molecular flexibility index (Phi) is 7.97. The molecule has 4 aromatic rings. The summed E-state index contributed by atoms with van der Waals surface area (Å²) in [5.41, 5.74) is 2.72. The highest BCUT2D eigenvalue weighted by Crippen LogP contribution is 2.37. The molecule has 0 aliphatic heterocycles. The van der Waals surface area contributed by atoms with Gasteiger partial charge in [0.25, 0.3) is 5.69 Å². The Hall–Kier alpha value is -5.61. The normalized spacial score (nSPS) is 10.5. The van der Waals surface area contributed by atoms with Crippen molar-refractivity contribution in [2.45, 2.75) is 13.3 Å². The molecular weight excluding hydrogens is 480 g/mol. The lowest BCUT2D eigenvalue weighted by Gasteiger charge is -2.15. The van der Waals surface area contributed by atoms with Crippen molar-refractivity contribution in [3.63, 3.8) is 0 Å². The van der Waals surface area contributed by atoms with E-state index in [9.17, 15) is 15.4 Å². The number of para-hydroxylation sites is 1. The van der Waals surface area contributed by atoms with Crippen LogP contribution >= 0.6 is 0 Å². The highest BCUT2D eigenvalue weighted by atomic mass is 16.6. The molecule has 1 heterocycles. The molecule has 0 aliphatic rings. The van der Waals surface area contributed by atoms with Crippen molar-refractivity contribution in [3.8, 4) is 12.1 Å². The van der Waals surface area contributed by atoms with Gasteiger partial charge in [-0.15, -0.1) is 10.2 Å². The van der Waals surface area contributed by atoms with E-state index in [1.165, 1.54) is 12.1 Å². The molecule has 186 valence electrons. The minimum Gasteiger partial charge on any atom is -0.368 e. The smallest absolute Gasteiger partial charge is 0.298 e. The fraction of sp³-hybridized carbons (Fsp3) is 0.107. The van der Waals surface area contributed by atoms with Crippen LogP contribution in [0.2, 0.25) is 0 Å². The van der Waals surface area contributed by atoms with E-state index in [4.69, 9.17) is 5.26 Å². The van der Waals surface area contributed by atoms with Crippen LogP contribution in [-0.4, -0.2) is 16.5 Å². The number of hydrogen-bond donors (Lipinski definition) is 2. The second-order valence-electron chi connectivity index (χ2n) is 8.20. The van der Waals surface area contributed by atoms with Gasteiger partial charge in [0, 0.05) is 23.9 Å². The maximum absolute atomic E-state index is 11.5. The van der Waals surface area contributed by atoms with Crippen molar-refractivity contribution in [1.29, 1.82) is 10.5 Å². The number of benzene rings is 3. The van der Waals surface area contributed by atoms with Crippen LogP contribution in [0.4, 0.5) is 34.4 Å². The fourth-order valence-electron chi connectivity index (χ4n) is 3.72. The lowest BCUT2D eigenvalue weighted by molar-refractivity contribution is -0.384. The summed E-state index contributed by atoms with van der Waals surface area (Å²) in [5, 5.41) is 45.4. The molecule has 3 aromatic carbocycles. The average molecular weight is 503 g/mol. The summed E-state index contributed by atoms with van der Waals surface area (Å²) in [6.45, 7) is 2.24. The van der Waals surface area contributed by atoms with Gasteiger partial charge < -0.3 is 10.6 Å². The minimum absolute atomic E-state index is 0.0198. The molecule has 1 aromatic heterocycles. The van der Waals surface area contributed by atoms with Crippen LogP contribution < -0.4 is 10.6 Å². The van der Waals surface area contributed by atoms with Gasteiger partial charge >= 0.3 is 0 Å². The molecule has 0 amide bonds. The Bertz CT molecular complexity index is 1570.